The first-order valence-corrected chi connectivity index (χ1v) is 6.95. The number of hydrogen-bond donors (Lipinski definition) is 2. The van der Waals surface area contributed by atoms with Gasteiger partial charge in [0.15, 0.2) is 0 Å². The van der Waals surface area contributed by atoms with Crippen LogP contribution in [0.3, 0.4) is 0 Å². The second-order valence-corrected chi connectivity index (χ2v) is 5.51. The second-order valence-electron chi connectivity index (χ2n) is 5.51. The lowest BCUT2D eigenvalue weighted by Gasteiger charge is -2.11. The molecular formula is C15H18F3NO2. The highest BCUT2D eigenvalue weighted by atomic mass is 19.4. The first-order valence-electron chi connectivity index (χ1n) is 6.95. The number of carbonyl (C=O) groups is 1. The first-order chi connectivity index (χ1) is 9.84. The molecule has 1 saturated carbocycles. The fourth-order valence-corrected chi connectivity index (χ4v) is 2.55. The molecule has 0 aromatic heterocycles. The van der Waals surface area contributed by atoms with E-state index in [0.717, 1.165) is 25.0 Å². The van der Waals surface area contributed by atoms with Gasteiger partial charge >= 0.3 is 6.18 Å². The number of alkyl halides is 3. The molecule has 1 aliphatic carbocycles. The van der Waals surface area contributed by atoms with Crippen LogP contribution in [-0.2, 0) is 17.4 Å². The summed E-state index contributed by atoms with van der Waals surface area (Å²) >= 11 is 0. The summed E-state index contributed by atoms with van der Waals surface area (Å²) in [6.07, 6.45) is -2.22. The number of amides is 1. The number of nitrogens with one attached hydrogen (secondary N) is 1. The lowest BCUT2D eigenvalue weighted by molar-refractivity contribution is -0.137. The molecule has 6 heteroatoms. The summed E-state index contributed by atoms with van der Waals surface area (Å²) in [5.74, 6) is 0.0766. The van der Waals surface area contributed by atoms with E-state index in [9.17, 15) is 23.1 Å². The molecular weight excluding hydrogens is 283 g/mol. The molecule has 2 unspecified atom stereocenters. The Morgan fingerprint density at radius 2 is 1.90 bits per heavy atom. The molecule has 0 radical (unpaired) electrons. The molecule has 0 bridgehead atoms. The zero-order valence-corrected chi connectivity index (χ0v) is 11.5. The van der Waals surface area contributed by atoms with Crippen molar-refractivity contribution in [3.8, 4) is 0 Å². The predicted octanol–water partition coefficient (Wildman–Crippen LogP) is 2.53. The van der Waals surface area contributed by atoms with Crippen molar-refractivity contribution in [2.24, 2.45) is 5.92 Å². The SMILES string of the molecule is O=C(Cc1ccc(C(F)(F)F)cc1)NCC1CCC(O)C1. The van der Waals surface area contributed by atoms with Crippen molar-refractivity contribution in [1.82, 2.24) is 5.32 Å². The highest BCUT2D eigenvalue weighted by Gasteiger charge is 2.30. The largest absolute Gasteiger partial charge is 0.416 e. The molecule has 0 heterocycles. The molecule has 1 aromatic rings. The van der Waals surface area contributed by atoms with Crippen LogP contribution in [0, 0.1) is 5.92 Å². The third-order valence-corrected chi connectivity index (χ3v) is 3.75. The summed E-state index contributed by atoms with van der Waals surface area (Å²) in [5, 5.41) is 12.2. The van der Waals surface area contributed by atoms with E-state index < -0.39 is 11.7 Å². The molecule has 1 aliphatic rings. The normalized spacial score (nSPS) is 22.3. The fraction of sp³-hybridized carbons (Fsp3) is 0.533. The van der Waals surface area contributed by atoms with Gasteiger partial charge < -0.3 is 10.4 Å². The minimum absolute atomic E-state index is 0.0629. The van der Waals surface area contributed by atoms with Gasteiger partial charge in [0.25, 0.3) is 0 Å². The number of aliphatic hydroxyl groups is 1. The molecule has 116 valence electrons. The van der Waals surface area contributed by atoms with Gasteiger partial charge in [-0.1, -0.05) is 12.1 Å². The third kappa shape index (κ3) is 4.74. The van der Waals surface area contributed by atoms with Crippen LogP contribution in [0.15, 0.2) is 24.3 Å². The van der Waals surface area contributed by atoms with Crippen molar-refractivity contribution >= 4 is 5.91 Å². The topological polar surface area (TPSA) is 49.3 Å². The maximum Gasteiger partial charge on any atom is 0.416 e. The monoisotopic (exact) mass is 301 g/mol. The minimum atomic E-state index is -4.36. The van der Waals surface area contributed by atoms with Crippen LogP contribution in [-0.4, -0.2) is 23.7 Å². The van der Waals surface area contributed by atoms with Gasteiger partial charge in [0.1, 0.15) is 0 Å². The quantitative estimate of drug-likeness (QED) is 0.898. The van der Waals surface area contributed by atoms with E-state index in [0.29, 0.717) is 18.5 Å². The summed E-state index contributed by atoms with van der Waals surface area (Å²) in [6, 6.07) is 4.61. The highest BCUT2D eigenvalue weighted by molar-refractivity contribution is 5.78. The Morgan fingerprint density at radius 1 is 1.24 bits per heavy atom. The van der Waals surface area contributed by atoms with E-state index >= 15 is 0 Å². The smallest absolute Gasteiger partial charge is 0.393 e. The molecule has 1 amide bonds. The van der Waals surface area contributed by atoms with E-state index in [1.54, 1.807) is 0 Å². The van der Waals surface area contributed by atoms with E-state index in [1.165, 1.54) is 12.1 Å². The summed E-state index contributed by atoms with van der Waals surface area (Å²) in [5.41, 5.74) is -0.168. The summed E-state index contributed by atoms with van der Waals surface area (Å²) in [6.45, 7) is 0.510. The Bertz CT molecular complexity index is 485. The summed E-state index contributed by atoms with van der Waals surface area (Å²) < 4.78 is 37.2. The average Bonchev–Trinajstić information content (AvgIpc) is 2.82. The molecule has 1 fully saturated rings. The van der Waals surface area contributed by atoms with Crippen LogP contribution in [0.1, 0.15) is 30.4 Å². The Kier molecular flexibility index (Phi) is 4.88. The van der Waals surface area contributed by atoms with Crippen molar-refractivity contribution in [1.29, 1.82) is 0 Å². The van der Waals surface area contributed by atoms with Crippen molar-refractivity contribution in [2.45, 2.75) is 38.0 Å². The van der Waals surface area contributed by atoms with E-state index in [4.69, 9.17) is 0 Å². The van der Waals surface area contributed by atoms with E-state index in [2.05, 4.69) is 5.32 Å². The van der Waals surface area contributed by atoms with Gasteiger partial charge in [0.2, 0.25) is 5.91 Å². The van der Waals surface area contributed by atoms with Gasteiger partial charge in [-0.05, 0) is 42.9 Å². The van der Waals surface area contributed by atoms with Gasteiger partial charge in [0, 0.05) is 6.54 Å². The third-order valence-electron chi connectivity index (χ3n) is 3.75. The zero-order valence-electron chi connectivity index (χ0n) is 11.5. The number of hydrogen-bond acceptors (Lipinski definition) is 2. The lowest BCUT2D eigenvalue weighted by Crippen LogP contribution is -2.29. The second kappa shape index (κ2) is 6.47. The van der Waals surface area contributed by atoms with Crippen LogP contribution in [0.2, 0.25) is 0 Å². The van der Waals surface area contributed by atoms with Gasteiger partial charge in [-0.3, -0.25) is 4.79 Å². The maximum atomic E-state index is 12.4. The Hall–Kier alpha value is -1.56. The summed E-state index contributed by atoms with van der Waals surface area (Å²) in [4.78, 5) is 11.7. The Morgan fingerprint density at radius 3 is 2.43 bits per heavy atom. The fourth-order valence-electron chi connectivity index (χ4n) is 2.55. The van der Waals surface area contributed by atoms with Crippen molar-refractivity contribution in [3.63, 3.8) is 0 Å². The van der Waals surface area contributed by atoms with Crippen LogP contribution in [0.25, 0.3) is 0 Å². The zero-order chi connectivity index (χ0) is 15.5. The van der Waals surface area contributed by atoms with Crippen molar-refractivity contribution in [3.05, 3.63) is 35.4 Å². The predicted molar refractivity (Wildman–Crippen MR) is 71.5 cm³/mol. The van der Waals surface area contributed by atoms with E-state index in [1.807, 2.05) is 0 Å². The van der Waals surface area contributed by atoms with Crippen LogP contribution in [0.4, 0.5) is 13.2 Å². The number of halogens is 3. The standard InChI is InChI=1S/C15H18F3NO2/c16-15(17,18)12-4-1-10(2-5-12)8-14(21)19-9-11-3-6-13(20)7-11/h1-2,4-5,11,13,20H,3,6-9H2,(H,19,21). The molecule has 0 saturated heterocycles. The van der Waals surface area contributed by atoms with Crippen LogP contribution < -0.4 is 5.32 Å². The van der Waals surface area contributed by atoms with E-state index in [-0.39, 0.29) is 24.3 Å². The van der Waals surface area contributed by atoms with Gasteiger partial charge in [-0.25, -0.2) is 0 Å². The average molecular weight is 301 g/mol. The highest BCUT2D eigenvalue weighted by Crippen LogP contribution is 2.29. The molecule has 2 atom stereocenters. The number of aliphatic hydroxyl groups excluding tert-OH is 1. The molecule has 2 N–H and O–H groups in total. The molecule has 0 spiro atoms. The van der Waals surface area contributed by atoms with Crippen molar-refractivity contribution in [2.75, 3.05) is 6.54 Å². The molecule has 3 nitrogen and oxygen atoms in total. The van der Waals surface area contributed by atoms with Crippen LogP contribution >= 0.6 is 0 Å². The molecule has 2 rings (SSSR count). The van der Waals surface area contributed by atoms with Crippen LogP contribution in [0.5, 0.6) is 0 Å². The van der Waals surface area contributed by atoms with Gasteiger partial charge in [-0.15, -0.1) is 0 Å². The number of carbonyl (C=O) groups excluding carboxylic acids is 1. The lowest BCUT2D eigenvalue weighted by atomic mass is 10.1. The van der Waals surface area contributed by atoms with Gasteiger partial charge in [0.05, 0.1) is 18.1 Å². The maximum absolute atomic E-state index is 12.4. The molecule has 21 heavy (non-hydrogen) atoms. The summed E-state index contributed by atoms with van der Waals surface area (Å²) in [7, 11) is 0. The molecule has 1 aromatic carbocycles. The Balaban J connectivity index is 1.80. The number of benzene rings is 1. The Labute approximate surface area is 121 Å². The van der Waals surface area contributed by atoms with Crippen molar-refractivity contribution < 1.29 is 23.1 Å². The first kappa shape index (κ1) is 15.8. The minimum Gasteiger partial charge on any atom is -0.393 e. The number of rotatable bonds is 4. The molecule has 0 aliphatic heterocycles. The van der Waals surface area contributed by atoms with Gasteiger partial charge in [-0.2, -0.15) is 13.2 Å².